The van der Waals surface area contributed by atoms with Gasteiger partial charge < -0.3 is 5.11 Å². The Kier molecular flexibility index (Phi) is 4.27. The molecule has 0 aliphatic rings. The van der Waals surface area contributed by atoms with Crippen molar-refractivity contribution in [2.45, 2.75) is 25.9 Å². The molecule has 0 fully saturated rings. The van der Waals surface area contributed by atoms with Crippen molar-refractivity contribution in [2.75, 3.05) is 7.05 Å². The minimum Gasteiger partial charge on any atom is -0.480 e. The van der Waals surface area contributed by atoms with Gasteiger partial charge in [0.25, 0.3) is 0 Å². The molecule has 17 heavy (non-hydrogen) atoms. The normalized spacial score (nSPS) is 11.9. The predicted molar refractivity (Wildman–Crippen MR) is 67.3 cm³/mol. The number of halogens is 2. The molecule has 1 rings (SSSR count). The summed E-state index contributed by atoms with van der Waals surface area (Å²) in [5.41, 5.74) is -0.551. The smallest absolute Gasteiger partial charge is 0.323 e. The lowest BCUT2D eigenvalue weighted by Crippen LogP contribution is -2.47. The molecule has 0 radical (unpaired) electrons. The second-order valence-corrected chi connectivity index (χ2v) is 5.37. The van der Waals surface area contributed by atoms with E-state index in [0.717, 1.165) is 0 Å². The first-order chi connectivity index (χ1) is 7.75. The van der Waals surface area contributed by atoms with Gasteiger partial charge in [-0.1, -0.05) is 22.0 Å². The van der Waals surface area contributed by atoms with Gasteiger partial charge in [0.2, 0.25) is 0 Å². The number of carboxylic acids is 1. The lowest BCUT2D eigenvalue weighted by molar-refractivity contribution is -0.148. The van der Waals surface area contributed by atoms with Crippen molar-refractivity contribution < 1.29 is 14.3 Å². The molecule has 94 valence electrons. The Hall–Kier alpha value is -0.940. The number of nitrogens with zero attached hydrogens (tertiary/aromatic N) is 1. The number of benzene rings is 1. The van der Waals surface area contributed by atoms with Crippen LogP contribution in [0, 0.1) is 5.82 Å². The van der Waals surface area contributed by atoms with Gasteiger partial charge in [-0.05, 0) is 33.0 Å². The zero-order valence-corrected chi connectivity index (χ0v) is 11.6. The molecule has 0 aliphatic carbocycles. The number of hydrogen-bond acceptors (Lipinski definition) is 2. The van der Waals surface area contributed by atoms with Gasteiger partial charge in [-0.3, -0.25) is 9.69 Å². The van der Waals surface area contributed by atoms with Gasteiger partial charge in [0.1, 0.15) is 11.4 Å². The second kappa shape index (κ2) is 5.14. The summed E-state index contributed by atoms with van der Waals surface area (Å²) in [6.07, 6.45) is 0. The Bertz CT molecular complexity index is 435. The number of carboxylic acid groups (broad SMARTS) is 1. The van der Waals surface area contributed by atoms with Gasteiger partial charge in [0.15, 0.2) is 0 Å². The maximum Gasteiger partial charge on any atom is 0.323 e. The monoisotopic (exact) mass is 303 g/mol. The minimum atomic E-state index is -1.03. The lowest BCUT2D eigenvalue weighted by atomic mass is 10.0. The molecule has 0 amide bonds. The molecular weight excluding hydrogens is 289 g/mol. The molecule has 0 saturated carbocycles. The Morgan fingerprint density at radius 1 is 1.53 bits per heavy atom. The molecule has 0 spiro atoms. The molecule has 0 aromatic heterocycles. The minimum absolute atomic E-state index is 0.248. The molecule has 1 N–H and O–H groups in total. The van der Waals surface area contributed by atoms with Crippen LogP contribution in [-0.2, 0) is 11.3 Å². The average molecular weight is 304 g/mol. The van der Waals surface area contributed by atoms with Crippen LogP contribution in [0.15, 0.2) is 22.7 Å². The van der Waals surface area contributed by atoms with Crippen molar-refractivity contribution in [1.82, 2.24) is 4.90 Å². The molecule has 0 aliphatic heterocycles. The number of hydrogen-bond donors (Lipinski definition) is 1. The van der Waals surface area contributed by atoms with Gasteiger partial charge in [-0.25, -0.2) is 4.39 Å². The van der Waals surface area contributed by atoms with Gasteiger partial charge in [-0.2, -0.15) is 0 Å². The highest BCUT2D eigenvalue weighted by Gasteiger charge is 2.32. The first kappa shape index (κ1) is 14.1. The summed E-state index contributed by atoms with van der Waals surface area (Å²) in [7, 11) is 1.66. The lowest BCUT2D eigenvalue weighted by Gasteiger charge is -2.31. The van der Waals surface area contributed by atoms with E-state index in [4.69, 9.17) is 5.11 Å². The van der Waals surface area contributed by atoms with Crippen molar-refractivity contribution in [2.24, 2.45) is 0 Å². The maximum atomic E-state index is 13.6. The Morgan fingerprint density at radius 3 is 2.59 bits per heavy atom. The van der Waals surface area contributed by atoms with Gasteiger partial charge in [0.05, 0.1) is 0 Å². The summed E-state index contributed by atoms with van der Waals surface area (Å²) in [6.45, 7) is 3.43. The molecule has 0 heterocycles. The fraction of sp³-hybridized carbons (Fsp3) is 0.417. The molecule has 0 saturated heterocycles. The average Bonchev–Trinajstić information content (AvgIpc) is 2.21. The van der Waals surface area contributed by atoms with E-state index >= 15 is 0 Å². The number of carbonyl (C=O) groups is 1. The zero-order valence-electron chi connectivity index (χ0n) is 10.00. The maximum absolute atomic E-state index is 13.6. The molecule has 0 atom stereocenters. The third kappa shape index (κ3) is 3.26. The summed E-state index contributed by atoms with van der Waals surface area (Å²) >= 11 is 3.18. The SMILES string of the molecule is CN(Cc1ccc(Br)cc1F)C(C)(C)C(=O)O. The quantitative estimate of drug-likeness (QED) is 0.930. The van der Waals surface area contributed by atoms with Crippen LogP contribution in [0.2, 0.25) is 0 Å². The van der Waals surface area contributed by atoms with Crippen LogP contribution in [0.5, 0.6) is 0 Å². The van der Waals surface area contributed by atoms with Crippen LogP contribution in [-0.4, -0.2) is 28.6 Å². The van der Waals surface area contributed by atoms with Crippen molar-refractivity contribution >= 4 is 21.9 Å². The van der Waals surface area contributed by atoms with E-state index in [1.54, 1.807) is 37.9 Å². The molecule has 0 unspecified atom stereocenters. The van der Waals surface area contributed by atoms with Crippen LogP contribution in [0.4, 0.5) is 4.39 Å². The number of rotatable bonds is 4. The molecule has 3 nitrogen and oxygen atoms in total. The van der Waals surface area contributed by atoms with E-state index in [-0.39, 0.29) is 12.4 Å². The van der Waals surface area contributed by atoms with E-state index in [2.05, 4.69) is 15.9 Å². The highest BCUT2D eigenvalue weighted by atomic mass is 79.9. The van der Waals surface area contributed by atoms with E-state index < -0.39 is 11.5 Å². The van der Waals surface area contributed by atoms with E-state index in [9.17, 15) is 9.18 Å². The van der Waals surface area contributed by atoms with E-state index in [0.29, 0.717) is 10.0 Å². The van der Waals surface area contributed by atoms with Gasteiger partial charge in [-0.15, -0.1) is 0 Å². The standard InChI is InChI=1S/C12H15BrFNO2/c1-12(2,11(16)17)15(3)7-8-4-5-9(13)6-10(8)14/h4-6H,7H2,1-3H3,(H,16,17). The summed E-state index contributed by atoms with van der Waals surface area (Å²) in [6, 6.07) is 4.75. The second-order valence-electron chi connectivity index (χ2n) is 4.46. The Morgan fingerprint density at radius 2 is 2.12 bits per heavy atom. The van der Waals surface area contributed by atoms with Crippen LogP contribution in [0.3, 0.4) is 0 Å². The molecule has 1 aromatic rings. The first-order valence-electron chi connectivity index (χ1n) is 5.13. The third-order valence-corrected chi connectivity index (χ3v) is 3.39. The first-order valence-corrected chi connectivity index (χ1v) is 5.93. The topological polar surface area (TPSA) is 40.5 Å². The van der Waals surface area contributed by atoms with Crippen molar-refractivity contribution in [1.29, 1.82) is 0 Å². The predicted octanol–water partition coefficient (Wildman–Crippen LogP) is 2.88. The highest BCUT2D eigenvalue weighted by molar-refractivity contribution is 9.10. The fourth-order valence-corrected chi connectivity index (χ4v) is 1.60. The Balaban J connectivity index is 2.88. The van der Waals surface area contributed by atoms with Crippen LogP contribution in [0.25, 0.3) is 0 Å². The molecule has 1 aromatic carbocycles. The van der Waals surface area contributed by atoms with Gasteiger partial charge >= 0.3 is 5.97 Å². The highest BCUT2D eigenvalue weighted by Crippen LogP contribution is 2.20. The number of aliphatic carboxylic acids is 1. The summed E-state index contributed by atoms with van der Waals surface area (Å²) in [4.78, 5) is 12.6. The van der Waals surface area contributed by atoms with Crippen LogP contribution in [0.1, 0.15) is 19.4 Å². The Labute approximate surface area is 108 Å². The third-order valence-electron chi connectivity index (χ3n) is 2.90. The molecular formula is C12H15BrFNO2. The largest absolute Gasteiger partial charge is 0.480 e. The zero-order chi connectivity index (χ0) is 13.2. The van der Waals surface area contributed by atoms with Crippen molar-refractivity contribution in [3.63, 3.8) is 0 Å². The molecule has 0 bridgehead atoms. The number of likely N-dealkylation sites (N-methyl/N-ethyl adjacent to an activating group) is 1. The van der Waals surface area contributed by atoms with Crippen LogP contribution < -0.4 is 0 Å². The van der Waals surface area contributed by atoms with Gasteiger partial charge in [0, 0.05) is 16.6 Å². The molecule has 5 heteroatoms. The fourth-order valence-electron chi connectivity index (χ4n) is 1.27. The van der Waals surface area contributed by atoms with E-state index in [1.807, 2.05) is 0 Å². The van der Waals surface area contributed by atoms with Crippen molar-refractivity contribution in [3.8, 4) is 0 Å². The van der Waals surface area contributed by atoms with E-state index in [1.165, 1.54) is 6.07 Å². The summed E-state index contributed by atoms with van der Waals surface area (Å²) in [5, 5.41) is 9.06. The van der Waals surface area contributed by atoms with Crippen molar-refractivity contribution in [3.05, 3.63) is 34.1 Å². The van der Waals surface area contributed by atoms with Crippen LogP contribution >= 0.6 is 15.9 Å². The summed E-state index contributed by atoms with van der Waals surface area (Å²) < 4.78 is 14.3. The summed E-state index contributed by atoms with van der Waals surface area (Å²) in [5.74, 6) is -1.27.